The van der Waals surface area contributed by atoms with Crippen LogP contribution in [0.25, 0.3) is 0 Å². The number of halogens is 1. The fraction of sp³-hybridized carbons (Fsp3) is 0.278. The summed E-state index contributed by atoms with van der Waals surface area (Å²) in [6, 6.07) is 8.07. The molecule has 1 aliphatic rings. The number of nitrogens with one attached hydrogen (secondary N) is 1. The number of nitrogens with zero attached hydrogens (tertiary/aromatic N) is 1. The molecule has 136 valence electrons. The molecule has 1 fully saturated rings. The van der Waals surface area contributed by atoms with Gasteiger partial charge in [-0.1, -0.05) is 11.6 Å². The van der Waals surface area contributed by atoms with Crippen molar-refractivity contribution in [2.75, 3.05) is 19.0 Å². The molecular weight excluding hydrogens is 360 g/mol. The highest BCUT2D eigenvalue weighted by Crippen LogP contribution is 2.24. The molecule has 3 rings (SSSR count). The summed E-state index contributed by atoms with van der Waals surface area (Å²) in [5.74, 6) is -0.798. The molecular formula is C18H17ClN2O5. The molecule has 8 heteroatoms. The Labute approximate surface area is 154 Å². The predicted molar refractivity (Wildman–Crippen MR) is 93.7 cm³/mol. The van der Waals surface area contributed by atoms with Crippen LogP contribution in [-0.2, 0) is 20.9 Å². The minimum atomic E-state index is -0.591. The van der Waals surface area contributed by atoms with E-state index >= 15 is 0 Å². The number of furan rings is 1. The maximum absolute atomic E-state index is 12.5. The Kier molecular flexibility index (Phi) is 5.27. The summed E-state index contributed by atoms with van der Waals surface area (Å²) in [6.45, 7) is 0.645. The summed E-state index contributed by atoms with van der Waals surface area (Å²) in [6.07, 6.45) is 1.67. The predicted octanol–water partition coefficient (Wildman–Crippen LogP) is 2.71. The molecule has 1 aromatic carbocycles. The van der Waals surface area contributed by atoms with Crippen molar-refractivity contribution < 1.29 is 23.5 Å². The lowest BCUT2D eigenvalue weighted by Gasteiger charge is -2.15. The van der Waals surface area contributed by atoms with E-state index in [2.05, 4.69) is 10.1 Å². The molecule has 0 radical (unpaired) electrons. The van der Waals surface area contributed by atoms with Gasteiger partial charge in [-0.25, -0.2) is 4.79 Å². The van der Waals surface area contributed by atoms with Crippen molar-refractivity contribution >= 4 is 35.1 Å². The highest BCUT2D eigenvalue weighted by atomic mass is 35.5. The minimum absolute atomic E-state index is 0.104. The summed E-state index contributed by atoms with van der Waals surface area (Å²) in [4.78, 5) is 37.9. The zero-order chi connectivity index (χ0) is 18.7. The van der Waals surface area contributed by atoms with Gasteiger partial charge in [0, 0.05) is 18.7 Å². The highest BCUT2D eigenvalue weighted by molar-refractivity contribution is 6.33. The first kappa shape index (κ1) is 18.0. The van der Waals surface area contributed by atoms with E-state index in [4.69, 9.17) is 16.0 Å². The Morgan fingerprint density at radius 1 is 1.38 bits per heavy atom. The van der Waals surface area contributed by atoms with Gasteiger partial charge in [-0.05, 0) is 30.3 Å². The molecule has 0 aliphatic carbocycles. The van der Waals surface area contributed by atoms with Crippen LogP contribution in [0, 0.1) is 5.92 Å². The number of carbonyl (C=O) groups excluding carboxylic acids is 3. The zero-order valence-electron chi connectivity index (χ0n) is 14.0. The second-order valence-corrected chi connectivity index (χ2v) is 6.34. The lowest BCUT2D eigenvalue weighted by atomic mass is 10.1. The SMILES string of the molecule is COC(=O)c1cc(NC(=O)C2CC(=O)N(Cc3ccco3)C2)ccc1Cl. The zero-order valence-corrected chi connectivity index (χ0v) is 14.8. The maximum atomic E-state index is 12.5. The summed E-state index contributed by atoms with van der Waals surface area (Å²) in [5, 5.41) is 2.95. The Balaban J connectivity index is 1.65. The van der Waals surface area contributed by atoms with E-state index in [1.165, 1.54) is 19.2 Å². The maximum Gasteiger partial charge on any atom is 0.339 e. The fourth-order valence-corrected chi connectivity index (χ4v) is 3.00. The Morgan fingerprint density at radius 2 is 2.19 bits per heavy atom. The number of hydrogen-bond donors (Lipinski definition) is 1. The Hall–Kier alpha value is -2.80. The molecule has 1 atom stereocenters. The molecule has 0 saturated carbocycles. The first-order valence-corrected chi connectivity index (χ1v) is 8.34. The second kappa shape index (κ2) is 7.61. The van der Waals surface area contributed by atoms with Crippen LogP contribution >= 0.6 is 11.6 Å². The van der Waals surface area contributed by atoms with Gasteiger partial charge in [0.2, 0.25) is 11.8 Å². The highest BCUT2D eigenvalue weighted by Gasteiger charge is 2.34. The smallest absolute Gasteiger partial charge is 0.339 e. The van der Waals surface area contributed by atoms with Crippen LogP contribution < -0.4 is 5.32 Å². The third-order valence-corrected chi connectivity index (χ3v) is 4.48. The number of methoxy groups -OCH3 is 1. The van der Waals surface area contributed by atoms with Crippen molar-refractivity contribution in [1.29, 1.82) is 0 Å². The fourth-order valence-electron chi connectivity index (χ4n) is 2.81. The van der Waals surface area contributed by atoms with Gasteiger partial charge in [0.1, 0.15) is 5.76 Å². The molecule has 1 aromatic heterocycles. The standard InChI is InChI=1S/C18H17ClN2O5/c1-25-18(24)14-8-12(4-5-15(14)19)20-17(23)11-7-16(22)21(9-11)10-13-3-2-6-26-13/h2-6,8,11H,7,9-10H2,1H3,(H,20,23). The van der Waals surface area contributed by atoms with Gasteiger partial charge in [-0.2, -0.15) is 0 Å². The molecule has 26 heavy (non-hydrogen) atoms. The van der Waals surface area contributed by atoms with Crippen LogP contribution in [0.15, 0.2) is 41.0 Å². The van der Waals surface area contributed by atoms with Gasteiger partial charge in [-0.3, -0.25) is 9.59 Å². The molecule has 1 aliphatic heterocycles. The number of ether oxygens (including phenoxy) is 1. The first-order valence-electron chi connectivity index (χ1n) is 7.97. The molecule has 0 spiro atoms. The van der Waals surface area contributed by atoms with E-state index in [1.807, 2.05) is 0 Å². The first-order chi connectivity index (χ1) is 12.5. The van der Waals surface area contributed by atoms with Crippen molar-refractivity contribution in [2.24, 2.45) is 5.92 Å². The molecule has 2 amide bonds. The van der Waals surface area contributed by atoms with E-state index < -0.39 is 11.9 Å². The van der Waals surface area contributed by atoms with Crippen LogP contribution in [0.3, 0.4) is 0 Å². The number of likely N-dealkylation sites (tertiary alicyclic amines) is 1. The molecule has 2 aromatic rings. The van der Waals surface area contributed by atoms with E-state index in [9.17, 15) is 14.4 Å². The lowest BCUT2D eigenvalue weighted by Crippen LogP contribution is -2.28. The van der Waals surface area contributed by atoms with Gasteiger partial charge < -0.3 is 19.4 Å². The Bertz CT molecular complexity index is 834. The van der Waals surface area contributed by atoms with Crippen LogP contribution in [-0.4, -0.2) is 36.3 Å². The van der Waals surface area contributed by atoms with Crippen LogP contribution in [0.2, 0.25) is 5.02 Å². The van der Waals surface area contributed by atoms with Crippen molar-refractivity contribution in [3.05, 3.63) is 52.9 Å². The van der Waals surface area contributed by atoms with Gasteiger partial charge in [0.25, 0.3) is 0 Å². The van der Waals surface area contributed by atoms with Crippen LogP contribution in [0.1, 0.15) is 22.5 Å². The number of carbonyl (C=O) groups is 3. The topological polar surface area (TPSA) is 88.8 Å². The summed E-state index contributed by atoms with van der Waals surface area (Å²) in [5.41, 5.74) is 0.575. The van der Waals surface area contributed by atoms with E-state index in [0.717, 1.165) is 0 Å². The number of hydrogen-bond acceptors (Lipinski definition) is 5. The third-order valence-electron chi connectivity index (χ3n) is 4.15. The van der Waals surface area contributed by atoms with E-state index in [1.54, 1.807) is 29.4 Å². The van der Waals surface area contributed by atoms with Gasteiger partial charge in [0.15, 0.2) is 0 Å². The molecule has 1 unspecified atom stereocenters. The average molecular weight is 377 g/mol. The molecule has 1 saturated heterocycles. The van der Waals surface area contributed by atoms with Crippen molar-refractivity contribution in [2.45, 2.75) is 13.0 Å². The van der Waals surface area contributed by atoms with Crippen LogP contribution in [0.4, 0.5) is 5.69 Å². The molecule has 1 N–H and O–H groups in total. The number of esters is 1. The number of anilines is 1. The van der Waals surface area contributed by atoms with Gasteiger partial charge in [0.05, 0.1) is 36.4 Å². The van der Waals surface area contributed by atoms with Crippen molar-refractivity contribution in [3.8, 4) is 0 Å². The number of benzene rings is 1. The van der Waals surface area contributed by atoms with E-state index in [0.29, 0.717) is 24.5 Å². The van der Waals surface area contributed by atoms with Gasteiger partial charge in [-0.15, -0.1) is 0 Å². The lowest BCUT2D eigenvalue weighted by molar-refractivity contribution is -0.128. The largest absolute Gasteiger partial charge is 0.467 e. The minimum Gasteiger partial charge on any atom is -0.467 e. The normalized spacial score (nSPS) is 16.6. The second-order valence-electron chi connectivity index (χ2n) is 5.93. The van der Waals surface area contributed by atoms with Crippen LogP contribution in [0.5, 0.6) is 0 Å². The molecule has 0 bridgehead atoms. The van der Waals surface area contributed by atoms with Crippen molar-refractivity contribution in [1.82, 2.24) is 4.90 Å². The van der Waals surface area contributed by atoms with Crippen molar-refractivity contribution in [3.63, 3.8) is 0 Å². The quantitative estimate of drug-likeness (QED) is 0.810. The summed E-state index contributed by atoms with van der Waals surface area (Å²) >= 11 is 5.97. The monoisotopic (exact) mass is 376 g/mol. The Morgan fingerprint density at radius 3 is 2.88 bits per heavy atom. The average Bonchev–Trinajstić information content (AvgIpc) is 3.26. The number of amides is 2. The van der Waals surface area contributed by atoms with Gasteiger partial charge >= 0.3 is 5.97 Å². The molecule has 2 heterocycles. The van der Waals surface area contributed by atoms with E-state index in [-0.39, 0.29) is 28.8 Å². The summed E-state index contributed by atoms with van der Waals surface area (Å²) in [7, 11) is 1.25. The summed E-state index contributed by atoms with van der Waals surface area (Å²) < 4.78 is 9.90. The number of rotatable bonds is 5. The third kappa shape index (κ3) is 3.88. The molecule has 7 nitrogen and oxygen atoms in total.